The second kappa shape index (κ2) is 6.41. The summed E-state index contributed by atoms with van der Waals surface area (Å²) in [5.74, 6) is -0.242. The average Bonchev–Trinajstić information content (AvgIpc) is 2.50. The topological polar surface area (TPSA) is 31.2 Å². The normalized spacial score (nSPS) is 10.5. The highest BCUT2D eigenvalue weighted by atomic mass is 127. The Morgan fingerprint density at radius 3 is 2.50 bits per heavy atom. The Balaban J connectivity index is 3.36. The van der Waals surface area contributed by atoms with Crippen LogP contribution in [-0.4, -0.2) is 17.1 Å². The molecule has 1 aromatic heterocycles. The van der Waals surface area contributed by atoms with Crippen molar-refractivity contribution in [3.8, 4) is 0 Å². The highest BCUT2D eigenvalue weighted by molar-refractivity contribution is 14.1. The third kappa shape index (κ3) is 2.96. The van der Waals surface area contributed by atoms with E-state index in [1.165, 1.54) is 5.56 Å². The van der Waals surface area contributed by atoms with Crippen LogP contribution >= 0.6 is 22.6 Å². The fraction of sp³-hybridized carbons (Fsp3) is 0.500. The molecular weight excluding hydrogens is 341 g/mol. The van der Waals surface area contributed by atoms with Crippen LogP contribution in [0.1, 0.15) is 42.4 Å². The van der Waals surface area contributed by atoms with E-state index in [2.05, 4.69) is 36.1 Å². The van der Waals surface area contributed by atoms with Gasteiger partial charge >= 0.3 is 5.97 Å². The summed E-state index contributed by atoms with van der Waals surface area (Å²) in [6.07, 6.45) is 0.916. The summed E-state index contributed by atoms with van der Waals surface area (Å²) in [4.78, 5) is 12.1. The largest absolute Gasteiger partial charge is 0.461 e. The van der Waals surface area contributed by atoms with Gasteiger partial charge < -0.3 is 9.30 Å². The second-order valence-electron chi connectivity index (χ2n) is 4.36. The molecule has 0 aromatic carbocycles. The van der Waals surface area contributed by atoms with Crippen molar-refractivity contribution in [3.63, 3.8) is 0 Å². The molecule has 100 valence electrons. The molecule has 0 aliphatic carbocycles. The van der Waals surface area contributed by atoms with E-state index in [1.54, 1.807) is 0 Å². The minimum Gasteiger partial charge on any atom is -0.461 e. The van der Waals surface area contributed by atoms with E-state index in [1.807, 2.05) is 25.3 Å². The van der Waals surface area contributed by atoms with Crippen LogP contribution in [0.3, 0.4) is 0 Å². The van der Waals surface area contributed by atoms with Crippen molar-refractivity contribution in [2.45, 2.75) is 40.7 Å². The van der Waals surface area contributed by atoms with Gasteiger partial charge in [-0.15, -0.1) is 0 Å². The van der Waals surface area contributed by atoms with Gasteiger partial charge in [0.2, 0.25) is 0 Å². The van der Waals surface area contributed by atoms with Crippen molar-refractivity contribution in [2.75, 3.05) is 6.61 Å². The van der Waals surface area contributed by atoms with Gasteiger partial charge in [-0.2, -0.15) is 0 Å². The Kier molecular flexibility index (Phi) is 5.44. The van der Waals surface area contributed by atoms with E-state index in [0.29, 0.717) is 18.8 Å². The van der Waals surface area contributed by atoms with Crippen LogP contribution in [0.2, 0.25) is 0 Å². The second-order valence-corrected chi connectivity index (χ2v) is 5.38. The molecule has 0 aliphatic heterocycles. The van der Waals surface area contributed by atoms with Crippen LogP contribution in [0.25, 0.3) is 0 Å². The van der Waals surface area contributed by atoms with Crippen molar-refractivity contribution in [1.29, 1.82) is 0 Å². The van der Waals surface area contributed by atoms with Gasteiger partial charge in [0.15, 0.2) is 0 Å². The number of aromatic nitrogens is 1. The molecule has 0 aliphatic rings. The maximum absolute atomic E-state index is 12.1. The molecule has 1 rings (SSSR count). The molecule has 0 radical (unpaired) electrons. The third-order valence-corrected chi connectivity index (χ3v) is 4.05. The Labute approximate surface area is 122 Å². The summed E-state index contributed by atoms with van der Waals surface area (Å²) in [7, 11) is 0. The SMILES string of the molecule is C=C(C)Cn1c(I)c(CC)c(C)c1C(=O)OCC. The van der Waals surface area contributed by atoms with Gasteiger partial charge in [0.05, 0.1) is 10.3 Å². The van der Waals surface area contributed by atoms with Gasteiger partial charge in [0.25, 0.3) is 0 Å². The lowest BCUT2D eigenvalue weighted by Gasteiger charge is -2.10. The lowest BCUT2D eigenvalue weighted by Crippen LogP contribution is -2.14. The lowest BCUT2D eigenvalue weighted by atomic mass is 10.1. The Bertz CT molecular complexity index is 475. The number of carbonyl (C=O) groups is 1. The molecule has 0 bridgehead atoms. The van der Waals surface area contributed by atoms with E-state index >= 15 is 0 Å². The molecule has 3 nitrogen and oxygen atoms in total. The molecule has 18 heavy (non-hydrogen) atoms. The number of halogens is 1. The van der Waals surface area contributed by atoms with Gasteiger partial charge in [-0.3, -0.25) is 0 Å². The van der Waals surface area contributed by atoms with Crippen molar-refractivity contribution in [3.05, 3.63) is 32.7 Å². The molecule has 0 atom stereocenters. The minimum atomic E-state index is -0.242. The zero-order chi connectivity index (χ0) is 13.9. The first-order chi connectivity index (χ1) is 8.43. The standard InChI is InChI=1S/C14H20INO2/c1-6-11-10(5)12(14(17)18-7-2)16(13(11)15)8-9(3)4/h3,6-8H2,1-2,4-5H3. The number of esters is 1. The number of ether oxygens (including phenoxy) is 1. The first kappa shape index (κ1) is 15.3. The van der Waals surface area contributed by atoms with Gasteiger partial charge in [-0.05, 0) is 60.9 Å². The molecule has 0 saturated heterocycles. The summed E-state index contributed by atoms with van der Waals surface area (Å²) < 4.78 is 8.27. The zero-order valence-electron chi connectivity index (χ0n) is 11.5. The van der Waals surface area contributed by atoms with Crippen LogP contribution in [-0.2, 0) is 17.7 Å². The summed E-state index contributed by atoms with van der Waals surface area (Å²) in [6, 6.07) is 0. The fourth-order valence-corrected chi connectivity index (χ4v) is 3.25. The molecule has 0 saturated carbocycles. The van der Waals surface area contributed by atoms with Crippen LogP contribution in [0.4, 0.5) is 0 Å². The molecule has 1 heterocycles. The molecular formula is C14H20INO2. The monoisotopic (exact) mass is 361 g/mol. The smallest absolute Gasteiger partial charge is 0.355 e. The van der Waals surface area contributed by atoms with Crippen LogP contribution in [0.15, 0.2) is 12.2 Å². The summed E-state index contributed by atoms with van der Waals surface area (Å²) in [5.41, 5.74) is 3.94. The van der Waals surface area contributed by atoms with E-state index in [9.17, 15) is 4.79 Å². The Morgan fingerprint density at radius 1 is 1.44 bits per heavy atom. The highest BCUT2D eigenvalue weighted by Gasteiger charge is 2.23. The molecule has 0 N–H and O–H groups in total. The van der Waals surface area contributed by atoms with E-state index < -0.39 is 0 Å². The molecule has 0 unspecified atom stereocenters. The van der Waals surface area contributed by atoms with Crippen LogP contribution < -0.4 is 0 Å². The molecule has 4 heteroatoms. The number of hydrogen-bond acceptors (Lipinski definition) is 2. The van der Waals surface area contributed by atoms with Crippen molar-refractivity contribution >= 4 is 28.6 Å². The molecule has 0 fully saturated rings. The Morgan fingerprint density at radius 2 is 2.06 bits per heavy atom. The van der Waals surface area contributed by atoms with Gasteiger partial charge in [-0.25, -0.2) is 4.79 Å². The quantitative estimate of drug-likeness (QED) is 0.455. The van der Waals surface area contributed by atoms with E-state index in [-0.39, 0.29) is 5.97 Å². The fourth-order valence-electron chi connectivity index (χ4n) is 2.05. The minimum absolute atomic E-state index is 0.242. The highest BCUT2D eigenvalue weighted by Crippen LogP contribution is 2.26. The number of rotatable bonds is 5. The van der Waals surface area contributed by atoms with Gasteiger partial charge in [0.1, 0.15) is 5.69 Å². The lowest BCUT2D eigenvalue weighted by molar-refractivity contribution is 0.0513. The predicted octanol–water partition coefficient (Wildman–Crippen LogP) is 3.72. The third-order valence-electron chi connectivity index (χ3n) is 2.81. The van der Waals surface area contributed by atoms with Crippen LogP contribution in [0.5, 0.6) is 0 Å². The first-order valence-corrected chi connectivity index (χ1v) is 7.20. The van der Waals surface area contributed by atoms with E-state index in [0.717, 1.165) is 21.3 Å². The van der Waals surface area contributed by atoms with Crippen molar-refractivity contribution in [2.24, 2.45) is 0 Å². The molecule has 1 aromatic rings. The molecule has 0 amide bonds. The summed E-state index contributed by atoms with van der Waals surface area (Å²) in [6.45, 7) is 12.9. The predicted molar refractivity (Wildman–Crippen MR) is 82.0 cm³/mol. The summed E-state index contributed by atoms with van der Waals surface area (Å²) >= 11 is 2.30. The first-order valence-electron chi connectivity index (χ1n) is 6.12. The van der Waals surface area contributed by atoms with Crippen molar-refractivity contribution < 1.29 is 9.53 Å². The number of hydrogen-bond donors (Lipinski definition) is 0. The van der Waals surface area contributed by atoms with Gasteiger partial charge in [-0.1, -0.05) is 19.1 Å². The van der Waals surface area contributed by atoms with Gasteiger partial charge in [0, 0.05) is 6.54 Å². The maximum Gasteiger partial charge on any atom is 0.355 e. The Hall–Kier alpha value is -0.780. The van der Waals surface area contributed by atoms with Crippen LogP contribution in [0, 0.1) is 10.6 Å². The maximum atomic E-state index is 12.1. The number of allylic oxidation sites excluding steroid dienone is 1. The zero-order valence-corrected chi connectivity index (χ0v) is 13.6. The number of carbonyl (C=O) groups excluding carboxylic acids is 1. The van der Waals surface area contributed by atoms with E-state index in [4.69, 9.17) is 4.74 Å². The molecule has 0 spiro atoms. The average molecular weight is 361 g/mol. The number of nitrogens with zero attached hydrogens (tertiary/aromatic N) is 1. The summed E-state index contributed by atoms with van der Waals surface area (Å²) in [5, 5.41) is 0. The van der Waals surface area contributed by atoms with Crippen molar-refractivity contribution in [1.82, 2.24) is 4.57 Å².